The van der Waals surface area contributed by atoms with Crippen molar-refractivity contribution < 1.29 is 9.53 Å². The molecule has 0 aromatic carbocycles. The number of esters is 1. The summed E-state index contributed by atoms with van der Waals surface area (Å²) in [7, 11) is 4.10. The molecule has 5 nitrogen and oxygen atoms in total. The predicted molar refractivity (Wildman–Crippen MR) is 81.0 cm³/mol. The van der Waals surface area contributed by atoms with Crippen molar-refractivity contribution in [3.05, 3.63) is 23.9 Å². The summed E-state index contributed by atoms with van der Waals surface area (Å²) in [6.45, 7) is 7.44. The maximum absolute atomic E-state index is 11.5. The lowest BCUT2D eigenvalue weighted by Crippen LogP contribution is -2.36. The van der Waals surface area contributed by atoms with E-state index in [9.17, 15) is 4.79 Å². The zero-order chi connectivity index (χ0) is 15.1. The van der Waals surface area contributed by atoms with Crippen LogP contribution in [0.4, 0.5) is 5.82 Å². The number of nitrogens with one attached hydrogen (secondary N) is 1. The van der Waals surface area contributed by atoms with Gasteiger partial charge in [0.05, 0.1) is 12.2 Å². The van der Waals surface area contributed by atoms with Crippen LogP contribution in [-0.2, 0) is 4.74 Å². The van der Waals surface area contributed by atoms with Gasteiger partial charge < -0.3 is 15.0 Å². The molecular formula is C15H25N3O2. The molecule has 1 aromatic rings. The number of carbonyl (C=O) groups is 1. The van der Waals surface area contributed by atoms with E-state index in [1.807, 2.05) is 20.2 Å². The van der Waals surface area contributed by atoms with Crippen molar-refractivity contribution in [1.82, 2.24) is 9.88 Å². The number of pyridine rings is 1. The summed E-state index contributed by atoms with van der Waals surface area (Å²) in [4.78, 5) is 18.0. The zero-order valence-electron chi connectivity index (χ0n) is 13.0. The molecule has 0 spiro atoms. The Balaban J connectivity index is 2.70. The third-order valence-corrected chi connectivity index (χ3v) is 2.97. The molecule has 1 heterocycles. The van der Waals surface area contributed by atoms with Crippen LogP contribution in [0.15, 0.2) is 18.3 Å². The number of likely N-dealkylation sites (N-methyl/N-ethyl adjacent to an activating group) is 1. The Bertz CT molecular complexity index is 416. The molecule has 5 heteroatoms. The number of hydrogen-bond donors (Lipinski definition) is 1. The SMILES string of the molecule is CCOC(=O)c1ccc(NC(CN(C)C)C(C)C)nc1. The molecule has 1 rings (SSSR count). The van der Waals surface area contributed by atoms with E-state index < -0.39 is 0 Å². The highest BCUT2D eigenvalue weighted by Crippen LogP contribution is 2.12. The molecule has 0 saturated carbocycles. The second kappa shape index (κ2) is 7.85. The van der Waals surface area contributed by atoms with Crippen LogP contribution in [0.25, 0.3) is 0 Å². The van der Waals surface area contributed by atoms with Gasteiger partial charge in [0.1, 0.15) is 5.82 Å². The average molecular weight is 279 g/mol. The van der Waals surface area contributed by atoms with E-state index in [-0.39, 0.29) is 5.97 Å². The molecule has 0 radical (unpaired) electrons. The first-order valence-corrected chi connectivity index (χ1v) is 6.98. The van der Waals surface area contributed by atoms with Crippen molar-refractivity contribution in [1.29, 1.82) is 0 Å². The fourth-order valence-corrected chi connectivity index (χ4v) is 1.82. The summed E-state index contributed by atoms with van der Waals surface area (Å²) in [5.74, 6) is 0.933. The molecule has 1 atom stereocenters. The zero-order valence-corrected chi connectivity index (χ0v) is 13.0. The molecule has 0 aliphatic rings. The minimum absolute atomic E-state index is 0.311. The van der Waals surface area contributed by atoms with Crippen molar-refractivity contribution in [2.45, 2.75) is 26.8 Å². The highest BCUT2D eigenvalue weighted by atomic mass is 16.5. The van der Waals surface area contributed by atoms with Gasteiger partial charge in [0, 0.05) is 18.8 Å². The molecule has 0 fully saturated rings. The fraction of sp³-hybridized carbons (Fsp3) is 0.600. The number of rotatable bonds is 7. The molecule has 0 saturated heterocycles. The van der Waals surface area contributed by atoms with E-state index >= 15 is 0 Å². The summed E-state index contributed by atoms with van der Waals surface area (Å²) in [6, 6.07) is 3.86. The van der Waals surface area contributed by atoms with E-state index in [0.717, 1.165) is 12.4 Å². The molecule has 20 heavy (non-hydrogen) atoms. The van der Waals surface area contributed by atoms with Gasteiger partial charge >= 0.3 is 5.97 Å². The van der Waals surface area contributed by atoms with Gasteiger partial charge in [-0.1, -0.05) is 13.8 Å². The summed E-state index contributed by atoms with van der Waals surface area (Å²) in [5.41, 5.74) is 0.478. The molecule has 0 amide bonds. The minimum atomic E-state index is -0.333. The van der Waals surface area contributed by atoms with E-state index in [0.29, 0.717) is 24.1 Å². The molecule has 1 aromatic heterocycles. The fourth-order valence-electron chi connectivity index (χ4n) is 1.82. The van der Waals surface area contributed by atoms with Crippen molar-refractivity contribution in [3.8, 4) is 0 Å². The van der Waals surface area contributed by atoms with Crippen LogP contribution in [0.5, 0.6) is 0 Å². The van der Waals surface area contributed by atoms with Gasteiger partial charge in [-0.2, -0.15) is 0 Å². The van der Waals surface area contributed by atoms with Crippen molar-refractivity contribution in [2.24, 2.45) is 5.92 Å². The molecule has 0 aliphatic heterocycles. The summed E-state index contributed by atoms with van der Waals surface area (Å²) < 4.78 is 4.93. The highest BCUT2D eigenvalue weighted by Gasteiger charge is 2.15. The smallest absolute Gasteiger partial charge is 0.339 e. The second-order valence-electron chi connectivity index (χ2n) is 5.41. The third kappa shape index (κ3) is 5.17. The molecule has 1 N–H and O–H groups in total. The molecular weight excluding hydrogens is 254 g/mol. The van der Waals surface area contributed by atoms with Gasteiger partial charge in [0.15, 0.2) is 0 Å². The van der Waals surface area contributed by atoms with E-state index in [1.165, 1.54) is 0 Å². The van der Waals surface area contributed by atoms with E-state index in [1.54, 1.807) is 19.2 Å². The second-order valence-corrected chi connectivity index (χ2v) is 5.41. The lowest BCUT2D eigenvalue weighted by Gasteiger charge is -2.26. The number of ether oxygens (including phenoxy) is 1. The van der Waals surface area contributed by atoms with Gasteiger partial charge in [-0.25, -0.2) is 9.78 Å². The Labute approximate surface area is 121 Å². The van der Waals surface area contributed by atoms with Crippen molar-refractivity contribution in [3.63, 3.8) is 0 Å². The van der Waals surface area contributed by atoms with Gasteiger partial charge in [-0.3, -0.25) is 0 Å². The maximum Gasteiger partial charge on any atom is 0.339 e. The number of carbonyl (C=O) groups excluding carboxylic acids is 1. The Morgan fingerprint density at radius 3 is 2.55 bits per heavy atom. The Kier molecular flexibility index (Phi) is 6.45. The average Bonchev–Trinajstić information content (AvgIpc) is 2.38. The Morgan fingerprint density at radius 2 is 2.10 bits per heavy atom. The topological polar surface area (TPSA) is 54.5 Å². The van der Waals surface area contributed by atoms with Gasteiger partial charge in [-0.05, 0) is 39.1 Å². The summed E-state index contributed by atoms with van der Waals surface area (Å²) in [6.07, 6.45) is 1.55. The van der Waals surface area contributed by atoms with Crippen LogP contribution in [0, 0.1) is 5.92 Å². The predicted octanol–water partition coefficient (Wildman–Crippen LogP) is 2.26. The lowest BCUT2D eigenvalue weighted by atomic mass is 10.0. The first kappa shape index (κ1) is 16.4. The van der Waals surface area contributed by atoms with Crippen LogP contribution in [0.2, 0.25) is 0 Å². The number of nitrogens with zero attached hydrogens (tertiary/aromatic N) is 2. The largest absolute Gasteiger partial charge is 0.462 e. The van der Waals surface area contributed by atoms with Crippen LogP contribution in [0.1, 0.15) is 31.1 Å². The quantitative estimate of drug-likeness (QED) is 0.776. The van der Waals surface area contributed by atoms with E-state index in [2.05, 4.69) is 29.0 Å². The van der Waals surface area contributed by atoms with Crippen molar-refractivity contribution in [2.75, 3.05) is 32.6 Å². The molecule has 0 aliphatic carbocycles. The normalized spacial score (nSPS) is 12.6. The van der Waals surface area contributed by atoms with Crippen LogP contribution >= 0.6 is 0 Å². The lowest BCUT2D eigenvalue weighted by molar-refractivity contribution is 0.0526. The number of hydrogen-bond acceptors (Lipinski definition) is 5. The first-order chi connectivity index (χ1) is 9.43. The van der Waals surface area contributed by atoms with Gasteiger partial charge in [-0.15, -0.1) is 0 Å². The standard InChI is InChI=1S/C15H25N3O2/c1-6-20-15(19)12-7-8-14(16-9-12)17-13(11(2)3)10-18(4)5/h7-9,11,13H,6,10H2,1-5H3,(H,16,17). The summed E-state index contributed by atoms with van der Waals surface area (Å²) in [5, 5.41) is 3.40. The third-order valence-electron chi connectivity index (χ3n) is 2.97. The van der Waals surface area contributed by atoms with Crippen LogP contribution in [-0.4, -0.2) is 49.1 Å². The van der Waals surface area contributed by atoms with Crippen LogP contribution in [0.3, 0.4) is 0 Å². The van der Waals surface area contributed by atoms with E-state index in [4.69, 9.17) is 4.74 Å². The minimum Gasteiger partial charge on any atom is -0.462 e. The highest BCUT2D eigenvalue weighted by molar-refractivity contribution is 5.89. The Morgan fingerprint density at radius 1 is 1.40 bits per heavy atom. The van der Waals surface area contributed by atoms with Crippen LogP contribution < -0.4 is 5.32 Å². The monoisotopic (exact) mass is 279 g/mol. The first-order valence-electron chi connectivity index (χ1n) is 6.98. The maximum atomic E-state index is 11.5. The Hall–Kier alpha value is -1.62. The molecule has 1 unspecified atom stereocenters. The number of aromatic nitrogens is 1. The molecule has 0 bridgehead atoms. The van der Waals surface area contributed by atoms with Crippen molar-refractivity contribution >= 4 is 11.8 Å². The number of anilines is 1. The molecule has 112 valence electrons. The van der Waals surface area contributed by atoms with Gasteiger partial charge in [0.25, 0.3) is 0 Å². The summed E-state index contributed by atoms with van der Waals surface area (Å²) >= 11 is 0. The van der Waals surface area contributed by atoms with Gasteiger partial charge in [0.2, 0.25) is 0 Å².